The van der Waals surface area contributed by atoms with Crippen LogP contribution in [0.25, 0.3) is 0 Å². The molecule has 0 bridgehead atoms. The monoisotopic (exact) mass is 290 g/mol. The minimum absolute atomic E-state index is 0.326. The van der Waals surface area contributed by atoms with Gasteiger partial charge in [0.2, 0.25) is 0 Å². The molecular formula is C15H15ClN2O2. The zero-order valence-electron chi connectivity index (χ0n) is 11.0. The maximum atomic E-state index is 11.2. The lowest BCUT2D eigenvalue weighted by Crippen LogP contribution is -2.18. The Morgan fingerprint density at radius 2 is 2.05 bits per heavy atom. The third-order valence-corrected chi connectivity index (χ3v) is 2.94. The Kier molecular flexibility index (Phi) is 4.96. The number of nitrogens with one attached hydrogen (secondary N) is 1. The number of halogens is 1. The first-order valence-corrected chi connectivity index (χ1v) is 6.60. The van der Waals surface area contributed by atoms with Crippen LogP contribution in [-0.2, 0) is 9.53 Å². The Morgan fingerprint density at radius 3 is 2.65 bits per heavy atom. The van der Waals surface area contributed by atoms with Gasteiger partial charge in [-0.25, -0.2) is 4.98 Å². The number of hydrogen-bond donors (Lipinski definition) is 1. The molecule has 0 aliphatic carbocycles. The van der Waals surface area contributed by atoms with Crippen LogP contribution in [0, 0.1) is 0 Å². The normalized spacial score (nSPS) is 11.7. The average molecular weight is 291 g/mol. The molecule has 1 N–H and O–H groups in total. The summed E-state index contributed by atoms with van der Waals surface area (Å²) in [6.45, 7) is 1.84. The Bertz CT molecular complexity index is 558. The molecule has 1 atom stereocenters. The number of rotatable bonds is 5. The fraction of sp³-hybridized carbons (Fsp3) is 0.200. The molecule has 0 spiro atoms. The number of hydrogen-bond acceptors (Lipinski definition) is 4. The van der Waals surface area contributed by atoms with Crippen molar-refractivity contribution in [1.29, 1.82) is 0 Å². The average Bonchev–Trinajstić information content (AvgIpc) is 2.45. The van der Waals surface area contributed by atoms with E-state index in [1.165, 1.54) is 6.92 Å². The molecule has 0 aliphatic rings. The third-order valence-electron chi connectivity index (χ3n) is 2.68. The van der Waals surface area contributed by atoms with E-state index in [0.717, 1.165) is 11.4 Å². The first-order valence-electron chi connectivity index (χ1n) is 6.23. The first kappa shape index (κ1) is 14.3. The molecule has 5 heteroatoms. The van der Waals surface area contributed by atoms with Crippen LogP contribution in [-0.4, -0.2) is 17.5 Å². The zero-order chi connectivity index (χ0) is 14.4. The van der Waals surface area contributed by atoms with Crippen LogP contribution >= 0.6 is 11.6 Å². The van der Waals surface area contributed by atoms with Crippen molar-refractivity contribution >= 4 is 23.4 Å². The Labute approximate surface area is 122 Å². The summed E-state index contributed by atoms with van der Waals surface area (Å²) in [5.74, 6) is 0.409. The molecule has 104 valence electrons. The van der Waals surface area contributed by atoms with Gasteiger partial charge in [0.15, 0.2) is 0 Å². The predicted octanol–water partition coefficient (Wildman–Crippen LogP) is 3.45. The van der Waals surface area contributed by atoms with Crippen molar-refractivity contribution < 1.29 is 9.53 Å². The highest BCUT2D eigenvalue weighted by atomic mass is 35.5. The number of benzene rings is 1. The fourth-order valence-electron chi connectivity index (χ4n) is 1.77. The van der Waals surface area contributed by atoms with Crippen LogP contribution in [0.4, 0.5) is 5.82 Å². The van der Waals surface area contributed by atoms with Crippen LogP contribution < -0.4 is 5.32 Å². The number of ether oxygens (including phenoxy) is 1. The lowest BCUT2D eigenvalue weighted by atomic mass is 10.1. The predicted molar refractivity (Wildman–Crippen MR) is 78.7 cm³/mol. The van der Waals surface area contributed by atoms with E-state index in [1.54, 1.807) is 18.3 Å². The van der Waals surface area contributed by atoms with Crippen LogP contribution in [0.2, 0.25) is 5.02 Å². The smallest absolute Gasteiger partial charge is 0.303 e. The maximum absolute atomic E-state index is 11.2. The highest BCUT2D eigenvalue weighted by molar-refractivity contribution is 6.30. The molecule has 0 aliphatic heterocycles. The maximum Gasteiger partial charge on any atom is 0.303 e. The van der Waals surface area contributed by atoms with E-state index >= 15 is 0 Å². The van der Waals surface area contributed by atoms with Gasteiger partial charge in [0.1, 0.15) is 11.9 Å². The summed E-state index contributed by atoms with van der Waals surface area (Å²) in [5, 5.41) is 3.79. The number of carbonyl (C=O) groups is 1. The Balaban J connectivity index is 2.07. The SMILES string of the molecule is CC(=O)OC(CNc1ccccn1)c1ccc(Cl)cc1. The molecule has 0 saturated carbocycles. The molecule has 2 rings (SSSR count). The molecule has 2 aromatic rings. The molecule has 20 heavy (non-hydrogen) atoms. The minimum atomic E-state index is -0.383. The van der Waals surface area contributed by atoms with Gasteiger partial charge in [-0.3, -0.25) is 4.79 Å². The van der Waals surface area contributed by atoms with Crippen molar-refractivity contribution in [2.45, 2.75) is 13.0 Å². The van der Waals surface area contributed by atoms with Crippen molar-refractivity contribution in [2.75, 3.05) is 11.9 Å². The number of aromatic nitrogens is 1. The van der Waals surface area contributed by atoms with E-state index in [0.29, 0.717) is 11.6 Å². The molecule has 1 aromatic carbocycles. The minimum Gasteiger partial charge on any atom is -0.456 e. The molecule has 0 saturated heterocycles. The molecule has 0 amide bonds. The standard InChI is InChI=1S/C15H15ClN2O2/c1-11(19)20-14(12-5-7-13(16)8-6-12)10-18-15-4-2-3-9-17-15/h2-9,14H,10H2,1H3,(H,17,18). The van der Waals surface area contributed by atoms with Gasteiger partial charge in [0.05, 0.1) is 6.54 Å². The van der Waals surface area contributed by atoms with E-state index in [4.69, 9.17) is 16.3 Å². The number of nitrogens with zero attached hydrogens (tertiary/aromatic N) is 1. The molecule has 4 nitrogen and oxygen atoms in total. The van der Waals surface area contributed by atoms with E-state index in [2.05, 4.69) is 10.3 Å². The Morgan fingerprint density at radius 1 is 1.30 bits per heavy atom. The summed E-state index contributed by atoms with van der Waals surface area (Å²) < 4.78 is 5.33. The van der Waals surface area contributed by atoms with Crippen molar-refractivity contribution in [1.82, 2.24) is 4.98 Å². The summed E-state index contributed by atoms with van der Waals surface area (Å²) in [7, 11) is 0. The Hall–Kier alpha value is -2.07. The summed E-state index contributed by atoms with van der Waals surface area (Å²) in [5.41, 5.74) is 0.882. The number of anilines is 1. The van der Waals surface area contributed by atoms with Gasteiger partial charge < -0.3 is 10.1 Å². The molecule has 0 radical (unpaired) electrons. The zero-order valence-corrected chi connectivity index (χ0v) is 11.8. The fourth-order valence-corrected chi connectivity index (χ4v) is 1.90. The molecule has 1 unspecified atom stereocenters. The quantitative estimate of drug-likeness (QED) is 0.857. The lowest BCUT2D eigenvalue weighted by molar-refractivity contribution is -0.146. The summed E-state index contributed by atoms with van der Waals surface area (Å²) in [6.07, 6.45) is 1.32. The highest BCUT2D eigenvalue weighted by Crippen LogP contribution is 2.20. The second kappa shape index (κ2) is 6.91. The second-order valence-electron chi connectivity index (χ2n) is 4.25. The van der Waals surface area contributed by atoms with Crippen LogP contribution in [0.15, 0.2) is 48.7 Å². The number of pyridine rings is 1. The molecular weight excluding hydrogens is 276 g/mol. The van der Waals surface area contributed by atoms with Gasteiger partial charge in [-0.05, 0) is 29.8 Å². The molecule has 1 aromatic heterocycles. The van der Waals surface area contributed by atoms with Gasteiger partial charge in [-0.15, -0.1) is 0 Å². The molecule has 0 fully saturated rings. The lowest BCUT2D eigenvalue weighted by Gasteiger charge is -2.18. The van der Waals surface area contributed by atoms with Crippen molar-refractivity contribution in [2.24, 2.45) is 0 Å². The van der Waals surface area contributed by atoms with Gasteiger partial charge in [-0.2, -0.15) is 0 Å². The van der Waals surface area contributed by atoms with E-state index < -0.39 is 0 Å². The third kappa shape index (κ3) is 4.24. The first-order chi connectivity index (χ1) is 9.65. The summed E-state index contributed by atoms with van der Waals surface area (Å²) in [4.78, 5) is 15.4. The van der Waals surface area contributed by atoms with Crippen LogP contribution in [0.5, 0.6) is 0 Å². The number of esters is 1. The molecule has 1 heterocycles. The van der Waals surface area contributed by atoms with E-state index in [-0.39, 0.29) is 12.1 Å². The van der Waals surface area contributed by atoms with Gasteiger partial charge in [0, 0.05) is 18.1 Å². The second-order valence-corrected chi connectivity index (χ2v) is 4.68. The van der Waals surface area contributed by atoms with Crippen molar-refractivity contribution in [3.05, 3.63) is 59.2 Å². The van der Waals surface area contributed by atoms with Crippen LogP contribution in [0.1, 0.15) is 18.6 Å². The van der Waals surface area contributed by atoms with Gasteiger partial charge in [0.25, 0.3) is 0 Å². The van der Waals surface area contributed by atoms with Gasteiger partial charge in [-0.1, -0.05) is 29.8 Å². The number of carbonyl (C=O) groups excluding carboxylic acids is 1. The van der Waals surface area contributed by atoms with Crippen LogP contribution in [0.3, 0.4) is 0 Å². The van der Waals surface area contributed by atoms with Gasteiger partial charge >= 0.3 is 5.97 Å². The summed E-state index contributed by atoms with van der Waals surface area (Å²) in [6, 6.07) is 12.8. The van der Waals surface area contributed by atoms with E-state index in [9.17, 15) is 4.79 Å². The topological polar surface area (TPSA) is 51.2 Å². The largest absolute Gasteiger partial charge is 0.456 e. The van der Waals surface area contributed by atoms with Crippen molar-refractivity contribution in [3.63, 3.8) is 0 Å². The van der Waals surface area contributed by atoms with E-state index in [1.807, 2.05) is 30.3 Å². The summed E-state index contributed by atoms with van der Waals surface area (Å²) >= 11 is 5.86. The van der Waals surface area contributed by atoms with Crippen molar-refractivity contribution in [3.8, 4) is 0 Å². The highest BCUT2D eigenvalue weighted by Gasteiger charge is 2.14.